The number of rotatable bonds is 11. The summed E-state index contributed by atoms with van der Waals surface area (Å²) in [5.74, 6) is -5.61. The number of pyridine rings is 1. The van der Waals surface area contributed by atoms with Crippen LogP contribution in [0.4, 0.5) is 0 Å². The molecule has 1 aromatic carbocycles. The Balaban J connectivity index is 1.85. The number of esters is 4. The molecule has 44 heavy (non-hydrogen) atoms. The summed E-state index contributed by atoms with van der Waals surface area (Å²) in [5, 5.41) is 2.46. The molecule has 1 amide bonds. The smallest absolute Gasteiger partial charge is 0.332 e. The fraction of sp³-hybridized carbons (Fsp3) is 0.484. The normalized spacial score (nSPS) is 20.4. The minimum atomic E-state index is -1.45. The molecule has 0 bridgehead atoms. The van der Waals surface area contributed by atoms with Crippen molar-refractivity contribution >= 4 is 29.8 Å². The number of hydrogen-bond donors (Lipinski definition) is 1. The van der Waals surface area contributed by atoms with Crippen LogP contribution >= 0.6 is 0 Å². The lowest BCUT2D eigenvalue weighted by Crippen LogP contribution is -2.47. The first kappa shape index (κ1) is 33.8. The Labute approximate surface area is 255 Å². The van der Waals surface area contributed by atoms with Crippen molar-refractivity contribution in [3.8, 4) is 11.5 Å². The largest absolute Gasteiger partial charge is 0.493 e. The number of hydrogen-bond acceptors (Lipinski definition) is 12. The Morgan fingerprint density at radius 3 is 2.32 bits per heavy atom. The minimum absolute atomic E-state index is 0.112. The van der Waals surface area contributed by atoms with E-state index in [1.165, 1.54) is 26.3 Å². The topological polar surface area (TPSA) is 166 Å². The molecule has 4 atom stereocenters. The third-order valence-electron chi connectivity index (χ3n) is 6.65. The molecule has 0 saturated carbocycles. The zero-order chi connectivity index (χ0) is 32.4. The SMILES string of the molecule is COc1ccnc(C(=O)NC2COC(=O)C(Cc3ccccc3)[C@@H](OC(=O)C(C)C)C(C)OC2=O)c1OCOC(=O)C(C)C. The van der Waals surface area contributed by atoms with Crippen LogP contribution in [0.2, 0.25) is 0 Å². The van der Waals surface area contributed by atoms with Crippen LogP contribution in [0.3, 0.4) is 0 Å². The van der Waals surface area contributed by atoms with Crippen molar-refractivity contribution in [3.63, 3.8) is 0 Å². The Bertz CT molecular complexity index is 1330. The highest BCUT2D eigenvalue weighted by atomic mass is 16.7. The Hall–Kier alpha value is -4.68. The lowest BCUT2D eigenvalue weighted by atomic mass is 9.91. The van der Waals surface area contributed by atoms with Crippen LogP contribution in [0.5, 0.6) is 11.5 Å². The van der Waals surface area contributed by atoms with Gasteiger partial charge in [-0.1, -0.05) is 58.0 Å². The minimum Gasteiger partial charge on any atom is -0.493 e. The molecule has 0 aliphatic carbocycles. The van der Waals surface area contributed by atoms with Crippen LogP contribution in [-0.4, -0.2) is 73.5 Å². The van der Waals surface area contributed by atoms with Crippen LogP contribution in [0.25, 0.3) is 0 Å². The number of ether oxygens (including phenoxy) is 6. The van der Waals surface area contributed by atoms with Gasteiger partial charge in [0, 0.05) is 12.3 Å². The first-order valence-corrected chi connectivity index (χ1v) is 14.2. The van der Waals surface area contributed by atoms with E-state index in [-0.39, 0.29) is 23.6 Å². The molecule has 0 spiro atoms. The third-order valence-corrected chi connectivity index (χ3v) is 6.65. The van der Waals surface area contributed by atoms with Crippen molar-refractivity contribution in [2.75, 3.05) is 20.5 Å². The summed E-state index contributed by atoms with van der Waals surface area (Å²) in [4.78, 5) is 68.5. The van der Waals surface area contributed by atoms with E-state index in [2.05, 4.69) is 10.3 Å². The molecule has 1 fully saturated rings. The van der Waals surface area contributed by atoms with Gasteiger partial charge in [-0.15, -0.1) is 0 Å². The van der Waals surface area contributed by atoms with Crippen LogP contribution in [-0.2, 0) is 44.5 Å². The number of carbonyl (C=O) groups excluding carboxylic acids is 5. The van der Waals surface area contributed by atoms with E-state index in [4.69, 9.17) is 28.4 Å². The second-order valence-electron chi connectivity index (χ2n) is 10.7. The van der Waals surface area contributed by atoms with Crippen LogP contribution < -0.4 is 14.8 Å². The van der Waals surface area contributed by atoms with Gasteiger partial charge in [-0.05, 0) is 18.9 Å². The molecule has 2 heterocycles. The highest BCUT2D eigenvalue weighted by molar-refractivity contribution is 5.98. The second-order valence-corrected chi connectivity index (χ2v) is 10.7. The van der Waals surface area contributed by atoms with Gasteiger partial charge in [0.2, 0.25) is 6.79 Å². The lowest BCUT2D eigenvalue weighted by molar-refractivity contribution is -0.176. The predicted molar refractivity (Wildman–Crippen MR) is 153 cm³/mol. The standard InChI is InChI=1S/C31H38N2O11/c1-17(2)28(35)42-16-41-26-23(39-6)12-13-32-24(26)27(34)33-22-15-40-30(37)21(14-20-10-8-7-9-11-20)25(19(5)43-31(22)38)44-29(36)18(3)4/h7-13,17-19,21-22,25H,14-16H2,1-6H3,(H,33,34)/t19?,21?,22?,25-/m0/s1. The molecule has 1 saturated heterocycles. The number of amides is 1. The number of nitrogens with zero attached hydrogens (tertiary/aromatic N) is 1. The maximum absolute atomic E-state index is 13.4. The van der Waals surface area contributed by atoms with Gasteiger partial charge in [0.1, 0.15) is 18.6 Å². The first-order valence-electron chi connectivity index (χ1n) is 14.2. The van der Waals surface area contributed by atoms with Crippen molar-refractivity contribution in [3.05, 3.63) is 53.9 Å². The molecule has 1 aromatic heterocycles. The molecule has 238 valence electrons. The number of aromatic nitrogens is 1. The second kappa shape index (κ2) is 15.7. The average molecular weight is 615 g/mol. The van der Waals surface area contributed by atoms with E-state index in [0.29, 0.717) is 0 Å². The Morgan fingerprint density at radius 2 is 1.68 bits per heavy atom. The summed E-state index contributed by atoms with van der Waals surface area (Å²) in [5.41, 5.74) is 0.487. The predicted octanol–water partition coefficient (Wildman–Crippen LogP) is 2.64. The van der Waals surface area contributed by atoms with E-state index < -0.39 is 79.2 Å². The van der Waals surface area contributed by atoms with Gasteiger partial charge in [0.05, 0.1) is 18.9 Å². The third kappa shape index (κ3) is 8.91. The molecule has 1 N–H and O–H groups in total. The van der Waals surface area contributed by atoms with Gasteiger partial charge in [-0.2, -0.15) is 0 Å². The van der Waals surface area contributed by atoms with Gasteiger partial charge in [0.15, 0.2) is 29.3 Å². The summed E-state index contributed by atoms with van der Waals surface area (Å²) < 4.78 is 32.6. The Morgan fingerprint density at radius 1 is 1.00 bits per heavy atom. The first-order chi connectivity index (χ1) is 20.9. The molecular weight excluding hydrogens is 576 g/mol. The summed E-state index contributed by atoms with van der Waals surface area (Å²) in [6.07, 6.45) is -0.811. The lowest BCUT2D eigenvalue weighted by Gasteiger charge is -2.29. The summed E-state index contributed by atoms with van der Waals surface area (Å²) in [6, 6.07) is 9.03. The zero-order valence-electron chi connectivity index (χ0n) is 25.6. The molecule has 1 aliphatic rings. The molecular formula is C31H38N2O11. The average Bonchev–Trinajstić information content (AvgIpc) is 3.03. The molecule has 3 rings (SSSR count). The molecule has 1 aliphatic heterocycles. The molecule has 13 heteroatoms. The van der Waals surface area contributed by atoms with E-state index in [1.807, 2.05) is 18.2 Å². The molecule has 13 nitrogen and oxygen atoms in total. The van der Waals surface area contributed by atoms with Crippen LogP contribution in [0.15, 0.2) is 42.6 Å². The highest BCUT2D eigenvalue weighted by Gasteiger charge is 2.42. The van der Waals surface area contributed by atoms with E-state index >= 15 is 0 Å². The van der Waals surface area contributed by atoms with Crippen LogP contribution in [0, 0.1) is 17.8 Å². The Kier molecular flexibility index (Phi) is 12.1. The summed E-state index contributed by atoms with van der Waals surface area (Å²) >= 11 is 0. The van der Waals surface area contributed by atoms with E-state index in [0.717, 1.165) is 5.56 Å². The number of carbonyl (C=O) groups is 5. The van der Waals surface area contributed by atoms with Crippen molar-refractivity contribution in [2.45, 2.75) is 59.3 Å². The van der Waals surface area contributed by atoms with Crippen molar-refractivity contribution in [2.24, 2.45) is 17.8 Å². The number of nitrogens with one attached hydrogen (secondary N) is 1. The van der Waals surface area contributed by atoms with Crippen molar-refractivity contribution < 1.29 is 52.4 Å². The zero-order valence-corrected chi connectivity index (χ0v) is 25.6. The van der Waals surface area contributed by atoms with Gasteiger partial charge >= 0.3 is 23.9 Å². The van der Waals surface area contributed by atoms with Gasteiger partial charge < -0.3 is 33.7 Å². The fourth-order valence-electron chi connectivity index (χ4n) is 4.18. The van der Waals surface area contributed by atoms with Crippen LogP contribution in [0.1, 0.15) is 50.7 Å². The number of methoxy groups -OCH3 is 1. The van der Waals surface area contributed by atoms with E-state index in [1.54, 1.807) is 39.8 Å². The molecule has 3 unspecified atom stereocenters. The monoisotopic (exact) mass is 614 g/mol. The van der Waals surface area contributed by atoms with Gasteiger partial charge in [-0.3, -0.25) is 19.2 Å². The van der Waals surface area contributed by atoms with Gasteiger partial charge in [-0.25, -0.2) is 9.78 Å². The van der Waals surface area contributed by atoms with Crippen molar-refractivity contribution in [1.29, 1.82) is 0 Å². The quantitative estimate of drug-likeness (QED) is 0.224. The summed E-state index contributed by atoms with van der Waals surface area (Å²) in [7, 11) is 1.34. The number of benzene rings is 1. The summed E-state index contributed by atoms with van der Waals surface area (Å²) in [6.45, 7) is 6.98. The van der Waals surface area contributed by atoms with Crippen molar-refractivity contribution in [1.82, 2.24) is 10.3 Å². The van der Waals surface area contributed by atoms with Gasteiger partial charge in [0.25, 0.3) is 5.91 Å². The molecule has 0 radical (unpaired) electrons. The van der Waals surface area contributed by atoms with E-state index in [9.17, 15) is 24.0 Å². The fourth-order valence-corrected chi connectivity index (χ4v) is 4.18. The number of cyclic esters (lactones) is 2. The maximum Gasteiger partial charge on any atom is 0.332 e. The molecule has 2 aromatic rings. The maximum atomic E-state index is 13.4. The highest BCUT2D eigenvalue weighted by Crippen LogP contribution is 2.30.